The van der Waals surface area contributed by atoms with Crippen molar-refractivity contribution >= 4 is 27.3 Å². The van der Waals surface area contributed by atoms with Crippen LogP contribution in [0.15, 0.2) is 45.0 Å². The summed E-state index contributed by atoms with van der Waals surface area (Å²) in [7, 11) is 0. The van der Waals surface area contributed by atoms with Crippen LogP contribution in [0.2, 0.25) is 0 Å². The predicted molar refractivity (Wildman–Crippen MR) is 146 cm³/mol. The number of hydrogen-bond acceptors (Lipinski definition) is 3. The van der Waals surface area contributed by atoms with E-state index in [0.717, 1.165) is 47.5 Å². The number of unbranched alkanes of at least 4 members (excludes halogenated alkanes) is 7. The third-order valence-corrected chi connectivity index (χ3v) is 6.59. The van der Waals surface area contributed by atoms with E-state index >= 15 is 0 Å². The lowest BCUT2D eigenvalue weighted by molar-refractivity contribution is 0.300. The van der Waals surface area contributed by atoms with Gasteiger partial charge in [-0.2, -0.15) is 5.11 Å². The van der Waals surface area contributed by atoms with Crippen LogP contribution < -0.4 is 4.74 Å². The molecule has 33 heavy (non-hydrogen) atoms. The van der Waals surface area contributed by atoms with Crippen molar-refractivity contribution in [1.82, 2.24) is 0 Å². The van der Waals surface area contributed by atoms with Crippen molar-refractivity contribution in [3.63, 3.8) is 0 Å². The molecule has 2 aromatic rings. The topological polar surface area (TPSA) is 34.0 Å². The quantitative estimate of drug-likeness (QED) is 0.172. The van der Waals surface area contributed by atoms with Crippen LogP contribution in [-0.4, -0.2) is 6.61 Å². The van der Waals surface area contributed by atoms with E-state index in [-0.39, 0.29) is 0 Å². The SMILES string of the molecule is CCCCCCCCCCOc1ccc(/N=N/c2c(CC)cc(Br)cc2CC)cc1C(C)C. The average molecular weight is 516 g/mol. The largest absolute Gasteiger partial charge is 0.493 e. The summed E-state index contributed by atoms with van der Waals surface area (Å²) >= 11 is 3.62. The Morgan fingerprint density at radius 3 is 1.97 bits per heavy atom. The van der Waals surface area contributed by atoms with Crippen molar-refractivity contribution in [2.45, 2.75) is 105 Å². The maximum Gasteiger partial charge on any atom is 0.122 e. The summed E-state index contributed by atoms with van der Waals surface area (Å²) in [5.41, 5.74) is 5.53. The van der Waals surface area contributed by atoms with Crippen molar-refractivity contribution in [2.24, 2.45) is 10.2 Å². The van der Waals surface area contributed by atoms with Gasteiger partial charge in [0.15, 0.2) is 0 Å². The number of halogens is 1. The molecule has 4 heteroatoms. The lowest BCUT2D eigenvalue weighted by atomic mass is 10.0. The predicted octanol–water partition coefficient (Wildman–Crippen LogP) is 10.6. The maximum atomic E-state index is 6.17. The van der Waals surface area contributed by atoms with Crippen LogP contribution in [0, 0.1) is 0 Å². The summed E-state index contributed by atoms with van der Waals surface area (Å²) in [5, 5.41) is 9.29. The average Bonchev–Trinajstić information content (AvgIpc) is 2.81. The van der Waals surface area contributed by atoms with E-state index in [9.17, 15) is 0 Å². The molecule has 0 atom stereocenters. The fourth-order valence-electron chi connectivity index (χ4n) is 4.09. The van der Waals surface area contributed by atoms with Crippen LogP contribution in [0.4, 0.5) is 11.4 Å². The van der Waals surface area contributed by atoms with Crippen molar-refractivity contribution in [3.8, 4) is 5.75 Å². The smallest absolute Gasteiger partial charge is 0.122 e. The lowest BCUT2D eigenvalue weighted by Gasteiger charge is -2.15. The normalized spacial score (nSPS) is 11.6. The summed E-state index contributed by atoms with van der Waals surface area (Å²) in [5.74, 6) is 1.36. The molecule has 0 aliphatic carbocycles. The van der Waals surface area contributed by atoms with Gasteiger partial charge in [0.2, 0.25) is 0 Å². The number of nitrogens with zero attached hydrogens (tertiary/aromatic N) is 2. The first kappa shape index (κ1) is 27.6. The van der Waals surface area contributed by atoms with Crippen LogP contribution >= 0.6 is 15.9 Å². The minimum Gasteiger partial charge on any atom is -0.493 e. The first-order valence-corrected chi connectivity index (χ1v) is 13.8. The van der Waals surface area contributed by atoms with Crippen LogP contribution in [0.25, 0.3) is 0 Å². The van der Waals surface area contributed by atoms with E-state index in [1.54, 1.807) is 0 Å². The monoisotopic (exact) mass is 514 g/mol. The highest BCUT2D eigenvalue weighted by atomic mass is 79.9. The minimum absolute atomic E-state index is 0.374. The van der Waals surface area contributed by atoms with Gasteiger partial charge < -0.3 is 4.74 Å². The third kappa shape index (κ3) is 9.23. The van der Waals surface area contributed by atoms with E-state index in [1.807, 2.05) is 6.07 Å². The molecule has 0 aliphatic rings. The van der Waals surface area contributed by atoms with E-state index in [0.29, 0.717) is 5.92 Å². The van der Waals surface area contributed by atoms with Gasteiger partial charge in [-0.15, -0.1) is 5.11 Å². The van der Waals surface area contributed by atoms with Gasteiger partial charge in [0.05, 0.1) is 18.0 Å². The molecule has 0 fully saturated rings. The molecule has 0 N–H and O–H groups in total. The van der Waals surface area contributed by atoms with Gasteiger partial charge in [-0.05, 0) is 72.2 Å². The third-order valence-electron chi connectivity index (χ3n) is 6.13. The molecule has 182 valence electrons. The van der Waals surface area contributed by atoms with E-state index in [1.165, 1.54) is 61.6 Å². The van der Waals surface area contributed by atoms with Gasteiger partial charge in [-0.3, -0.25) is 0 Å². The second kappa shape index (κ2) is 15.3. The Bertz CT molecular complexity index is 851. The van der Waals surface area contributed by atoms with Crippen LogP contribution in [0.1, 0.15) is 109 Å². The molecule has 0 aromatic heterocycles. The second-order valence-electron chi connectivity index (χ2n) is 9.18. The number of benzene rings is 2. The highest BCUT2D eigenvalue weighted by Crippen LogP contribution is 2.34. The van der Waals surface area contributed by atoms with Gasteiger partial charge in [0, 0.05) is 4.47 Å². The van der Waals surface area contributed by atoms with Crippen LogP contribution in [0.5, 0.6) is 5.75 Å². The van der Waals surface area contributed by atoms with Crippen molar-refractivity contribution < 1.29 is 4.74 Å². The number of hydrogen-bond donors (Lipinski definition) is 0. The fraction of sp³-hybridized carbons (Fsp3) is 0.586. The Morgan fingerprint density at radius 2 is 1.39 bits per heavy atom. The summed E-state index contributed by atoms with van der Waals surface area (Å²) in [6.45, 7) is 11.8. The zero-order valence-corrected chi connectivity index (χ0v) is 23.0. The zero-order chi connectivity index (χ0) is 24.1. The summed E-state index contributed by atoms with van der Waals surface area (Å²) < 4.78 is 7.28. The van der Waals surface area contributed by atoms with Gasteiger partial charge in [0.25, 0.3) is 0 Å². The molecule has 0 saturated heterocycles. The standard InChI is InChI=1S/C29H43BrN2O/c1-6-9-10-11-12-13-14-15-18-33-28-17-16-26(21-27(28)22(4)5)31-32-29-23(7-2)19-25(30)20-24(29)8-3/h16-17,19-22H,6-15,18H2,1-5H3/b32-31+. The maximum absolute atomic E-state index is 6.17. The fourth-order valence-corrected chi connectivity index (χ4v) is 4.64. The first-order valence-electron chi connectivity index (χ1n) is 13.0. The Morgan fingerprint density at radius 1 is 0.788 bits per heavy atom. The van der Waals surface area contributed by atoms with E-state index in [4.69, 9.17) is 4.74 Å². The number of rotatable bonds is 15. The number of aryl methyl sites for hydroxylation is 2. The highest BCUT2D eigenvalue weighted by molar-refractivity contribution is 9.10. The molecular formula is C29H43BrN2O. The van der Waals surface area contributed by atoms with Crippen molar-refractivity contribution in [3.05, 3.63) is 51.5 Å². The van der Waals surface area contributed by atoms with Gasteiger partial charge in [-0.1, -0.05) is 95.5 Å². The molecule has 0 saturated carbocycles. The molecule has 0 heterocycles. The van der Waals surface area contributed by atoms with Crippen molar-refractivity contribution in [1.29, 1.82) is 0 Å². The molecular weight excluding hydrogens is 472 g/mol. The minimum atomic E-state index is 0.374. The van der Waals surface area contributed by atoms with Gasteiger partial charge in [0.1, 0.15) is 5.75 Å². The molecule has 0 bridgehead atoms. The second-order valence-corrected chi connectivity index (χ2v) is 10.1. The molecule has 3 nitrogen and oxygen atoms in total. The summed E-state index contributed by atoms with van der Waals surface area (Å²) in [6, 6.07) is 10.5. The summed E-state index contributed by atoms with van der Waals surface area (Å²) in [6.07, 6.45) is 12.4. The molecule has 0 spiro atoms. The van der Waals surface area contributed by atoms with Gasteiger partial charge in [-0.25, -0.2) is 0 Å². The molecule has 0 unspecified atom stereocenters. The Hall–Kier alpha value is -1.68. The van der Waals surface area contributed by atoms with Gasteiger partial charge >= 0.3 is 0 Å². The molecule has 0 amide bonds. The highest BCUT2D eigenvalue weighted by Gasteiger charge is 2.11. The van der Waals surface area contributed by atoms with Crippen molar-refractivity contribution in [2.75, 3.05) is 6.61 Å². The molecule has 0 aliphatic heterocycles. The van der Waals surface area contributed by atoms with E-state index < -0.39 is 0 Å². The molecule has 2 rings (SSSR count). The summed E-state index contributed by atoms with van der Waals surface area (Å²) in [4.78, 5) is 0. The number of ether oxygens (including phenoxy) is 1. The zero-order valence-electron chi connectivity index (χ0n) is 21.4. The molecule has 2 aromatic carbocycles. The Kier molecular flexibility index (Phi) is 12.8. The number of azo groups is 1. The molecule has 0 radical (unpaired) electrons. The lowest BCUT2D eigenvalue weighted by Crippen LogP contribution is -2.01. The van der Waals surface area contributed by atoms with E-state index in [2.05, 4.69) is 85.0 Å². The first-order chi connectivity index (χ1) is 16.0. The van der Waals surface area contributed by atoms with Crippen LogP contribution in [0.3, 0.4) is 0 Å². The van der Waals surface area contributed by atoms with Crippen LogP contribution in [-0.2, 0) is 12.8 Å². The Balaban J connectivity index is 2.00. The Labute approximate surface area is 210 Å².